The van der Waals surface area contributed by atoms with Gasteiger partial charge in [0.05, 0.1) is 24.0 Å². The number of thioether (sulfide) groups is 1. The van der Waals surface area contributed by atoms with E-state index < -0.39 is 23.3 Å². The van der Waals surface area contributed by atoms with Gasteiger partial charge in [0.1, 0.15) is 17.5 Å². The first kappa shape index (κ1) is 22.8. The lowest BCUT2D eigenvalue weighted by Crippen LogP contribution is -2.39. The van der Waals surface area contributed by atoms with E-state index in [9.17, 15) is 19.5 Å². The third-order valence-corrected chi connectivity index (χ3v) is 7.11. The van der Waals surface area contributed by atoms with Gasteiger partial charge in [-0.15, -0.1) is 11.3 Å². The summed E-state index contributed by atoms with van der Waals surface area (Å²) >= 11 is 2.73. The number of β-amino-alcohol motifs (C(OH)–C–C–N with tert-alkyl or cyclic N) is 1. The molecule has 0 aromatic carbocycles. The Labute approximate surface area is 192 Å². The second kappa shape index (κ2) is 8.85. The first-order chi connectivity index (χ1) is 15.2. The number of carbonyl (C=O) groups is 1. The molecule has 172 valence electrons. The molecule has 1 amide bonds. The average Bonchev–Trinajstić information content (AvgIpc) is 3.47. The van der Waals surface area contributed by atoms with Crippen LogP contribution in [-0.2, 0) is 25.0 Å². The van der Waals surface area contributed by atoms with E-state index in [1.54, 1.807) is 17.0 Å². The lowest BCUT2D eigenvalue weighted by atomic mass is 10.1. The number of aromatic nitrogens is 4. The molecule has 12 heteroatoms. The molecule has 10 nitrogen and oxygen atoms in total. The van der Waals surface area contributed by atoms with E-state index in [0.29, 0.717) is 22.8 Å². The van der Waals surface area contributed by atoms with Gasteiger partial charge >= 0.3 is 5.69 Å². The molecule has 32 heavy (non-hydrogen) atoms. The van der Waals surface area contributed by atoms with E-state index in [2.05, 4.69) is 4.98 Å². The zero-order valence-corrected chi connectivity index (χ0v) is 19.9. The number of hydroxylamine groups is 2. The van der Waals surface area contributed by atoms with Crippen molar-refractivity contribution in [1.82, 2.24) is 23.7 Å². The summed E-state index contributed by atoms with van der Waals surface area (Å²) in [6, 6.07) is 0. The fourth-order valence-corrected chi connectivity index (χ4v) is 5.55. The molecule has 3 aromatic heterocycles. The molecule has 1 N–H and O–H groups in total. The SMILES string of the molecule is CSc1nccn1Cc1sc2c(c1C(=O)N1C[C@H](O)CO1)c(=O)n(C)c(=O)n2CC(C)C. The summed E-state index contributed by atoms with van der Waals surface area (Å²) in [5.41, 5.74) is -0.729. The van der Waals surface area contributed by atoms with Crippen molar-refractivity contribution >= 4 is 39.2 Å². The van der Waals surface area contributed by atoms with Crippen molar-refractivity contribution in [3.8, 4) is 0 Å². The molecule has 0 saturated carbocycles. The van der Waals surface area contributed by atoms with Crippen molar-refractivity contribution in [3.63, 3.8) is 0 Å². The Balaban J connectivity index is 1.98. The molecule has 0 unspecified atom stereocenters. The Hall–Kier alpha value is -2.41. The van der Waals surface area contributed by atoms with Gasteiger partial charge in [-0.25, -0.2) is 14.8 Å². The highest BCUT2D eigenvalue weighted by atomic mass is 32.2. The fourth-order valence-electron chi connectivity index (χ4n) is 3.74. The number of fused-ring (bicyclic) bond motifs is 1. The van der Waals surface area contributed by atoms with Crippen LogP contribution in [0.5, 0.6) is 0 Å². The van der Waals surface area contributed by atoms with Crippen molar-refractivity contribution in [2.24, 2.45) is 13.0 Å². The number of amides is 1. The highest BCUT2D eigenvalue weighted by Crippen LogP contribution is 2.32. The predicted molar refractivity (Wildman–Crippen MR) is 122 cm³/mol. The zero-order chi connectivity index (χ0) is 23.2. The van der Waals surface area contributed by atoms with E-state index in [1.807, 2.05) is 24.7 Å². The Morgan fingerprint density at radius 1 is 1.41 bits per heavy atom. The van der Waals surface area contributed by atoms with E-state index in [1.165, 1.54) is 30.1 Å². The maximum absolute atomic E-state index is 13.5. The van der Waals surface area contributed by atoms with Crippen LogP contribution in [0.3, 0.4) is 0 Å². The minimum Gasteiger partial charge on any atom is -0.389 e. The van der Waals surface area contributed by atoms with Crippen LogP contribution in [-0.4, -0.2) is 60.3 Å². The van der Waals surface area contributed by atoms with Crippen LogP contribution in [0.1, 0.15) is 29.1 Å². The van der Waals surface area contributed by atoms with Crippen LogP contribution in [0.15, 0.2) is 27.1 Å². The molecule has 1 aliphatic heterocycles. The molecule has 3 aromatic rings. The van der Waals surface area contributed by atoms with Gasteiger partial charge in [-0.1, -0.05) is 25.6 Å². The molecule has 0 radical (unpaired) electrons. The number of imidazole rings is 1. The average molecular weight is 480 g/mol. The third kappa shape index (κ3) is 3.91. The first-order valence-electron chi connectivity index (χ1n) is 10.2. The van der Waals surface area contributed by atoms with Crippen LogP contribution in [0.25, 0.3) is 10.2 Å². The summed E-state index contributed by atoms with van der Waals surface area (Å²) in [6.07, 6.45) is 4.60. The minimum absolute atomic E-state index is 0.0113. The van der Waals surface area contributed by atoms with Gasteiger partial charge in [-0.3, -0.25) is 23.6 Å². The van der Waals surface area contributed by atoms with E-state index in [-0.39, 0.29) is 30.0 Å². The topological polar surface area (TPSA) is 112 Å². The monoisotopic (exact) mass is 479 g/mol. The summed E-state index contributed by atoms with van der Waals surface area (Å²) in [7, 11) is 1.42. The third-order valence-electron chi connectivity index (χ3n) is 5.21. The van der Waals surface area contributed by atoms with E-state index in [0.717, 1.165) is 14.8 Å². The Kier molecular flexibility index (Phi) is 6.30. The summed E-state index contributed by atoms with van der Waals surface area (Å²) < 4.78 is 4.50. The first-order valence-corrected chi connectivity index (χ1v) is 12.2. The van der Waals surface area contributed by atoms with Crippen LogP contribution in [0.4, 0.5) is 0 Å². The maximum Gasteiger partial charge on any atom is 0.331 e. The lowest BCUT2D eigenvalue weighted by molar-refractivity contribution is -0.0778. The van der Waals surface area contributed by atoms with Gasteiger partial charge < -0.3 is 9.67 Å². The predicted octanol–water partition coefficient (Wildman–Crippen LogP) is 1.13. The molecule has 0 spiro atoms. The highest BCUT2D eigenvalue weighted by Gasteiger charge is 2.33. The number of thiophene rings is 1. The molecule has 1 aliphatic rings. The van der Waals surface area contributed by atoms with Crippen LogP contribution < -0.4 is 11.2 Å². The number of hydrogen-bond donors (Lipinski definition) is 1. The zero-order valence-electron chi connectivity index (χ0n) is 18.3. The van der Waals surface area contributed by atoms with Gasteiger partial charge in [0.2, 0.25) is 0 Å². The van der Waals surface area contributed by atoms with Crippen molar-refractivity contribution in [3.05, 3.63) is 43.7 Å². The smallest absolute Gasteiger partial charge is 0.331 e. The Morgan fingerprint density at radius 3 is 2.78 bits per heavy atom. The number of nitrogens with zero attached hydrogens (tertiary/aromatic N) is 5. The fraction of sp³-hybridized carbons (Fsp3) is 0.500. The van der Waals surface area contributed by atoms with Crippen molar-refractivity contribution in [2.75, 3.05) is 19.4 Å². The molecule has 0 aliphatic carbocycles. The van der Waals surface area contributed by atoms with E-state index >= 15 is 0 Å². The number of aliphatic hydroxyl groups is 1. The van der Waals surface area contributed by atoms with Gasteiger partial charge in [0, 0.05) is 30.9 Å². The summed E-state index contributed by atoms with van der Waals surface area (Å²) in [5, 5.41) is 11.9. The van der Waals surface area contributed by atoms with Crippen LogP contribution in [0.2, 0.25) is 0 Å². The van der Waals surface area contributed by atoms with Crippen molar-refractivity contribution < 1.29 is 14.7 Å². The largest absolute Gasteiger partial charge is 0.389 e. The second-order valence-electron chi connectivity index (χ2n) is 8.09. The standard InChI is InChI=1S/C20H25N5O5S2/c1-11(2)7-24-18-15(16(27)22(3)20(24)29)14(17(28)25-8-12(26)10-30-25)13(32-18)9-23-6-5-21-19(23)31-4/h5-6,11-12,26H,7-10H2,1-4H3/t12-/m0/s1. The lowest BCUT2D eigenvalue weighted by Gasteiger charge is -2.15. The van der Waals surface area contributed by atoms with Gasteiger partial charge in [0.15, 0.2) is 5.16 Å². The Morgan fingerprint density at radius 2 is 2.16 bits per heavy atom. The molecule has 1 fully saturated rings. The second-order valence-corrected chi connectivity index (χ2v) is 9.95. The van der Waals surface area contributed by atoms with Crippen LogP contribution in [0, 0.1) is 5.92 Å². The molecule has 0 bridgehead atoms. The van der Waals surface area contributed by atoms with Gasteiger partial charge in [0.25, 0.3) is 11.5 Å². The molecule has 1 saturated heterocycles. The van der Waals surface area contributed by atoms with Crippen molar-refractivity contribution in [2.45, 2.75) is 38.2 Å². The molecule has 1 atom stereocenters. The number of aliphatic hydroxyl groups excluding tert-OH is 1. The van der Waals surface area contributed by atoms with Crippen LogP contribution >= 0.6 is 23.1 Å². The normalized spacial score (nSPS) is 16.6. The minimum atomic E-state index is -0.786. The number of hydrogen-bond acceptors (Lipinski definition) is 8. The molecule has 4 heterocycles. The summed E-state index contributed by atoms with van der Waals surface area (Å²) in [5.74, 6) is -0.340. The number of rotatable bonds is 6. The Bertz CT molecular complexity index is 1290. The summed E-state index contributed by atoms with van der Waals surface area (Å²) in [6.45, 7) is 4.72. The molecular formula is C20H25N5O5S2. The number of carbonyl (C=O) groups excluding carboxylic acids is 1. The molecular weight excluding hydrogens is 454 g/mol. The maximum atomic E-state index is 13.5. The van der Waals surface area contributed by atoms with Gasteiger partial charge in [-0.05, 0) is 12.2 Å². The highest BCUT2D eigenvalue weighted by molar-refractivity contribution is 7.98. The quantitative estimate of drug-likeness (QED) is 0.528. The van der Waals surface area contributed by atoms with Crippen molar-refractivity contribution in [1.29, 1.82) is 0 Å². The van der Waals surface area contributed by atoms with E-state index in [4.69, 9.17) is 4.84 Å². The summed E-state index contributed by atoms with van der Waals surface area (Å²) in [4.78, 5) is 50.4. The van der Waals surface area contributed by atoms with Gasteiger partial charge in [-0.2, -0.15) is 0 Å². The molecule has 4 rings (SSSR count).